The van der Waals surface area contributed by atoms with Crippen LogP contribution in [0, 0.1) is 0 Å². The molecule has 16 heavy (non-hydrogen) atoms. The Kier molecular flexibility index (Phi) is 3.71. The van der Waals surface area contributed by atoms with Gasteiger partial charge < -0.3 is 9.64 Å². The maximum atomic E-state index is 11.4. The topological polar surface area (TPSA) is 32.8 Å². The molecule has 0 aromatic carbocycles. The first-order chi connectivity index (χ1) is 7.66. The fourth-order valence-corrected chi connectivity index (χ4v) is 2.58. The number of allylic oxidation sites excluding steroid dienone is 1. The number of nitrogens with zero attached hydrogens (tertiary/aromatic N) is 1. The average Bonchev–Trinajstić information content (AvgIpc) is 3.02. The first-order valence-electron chi connectivity index (χ1n) is 5.58. The van der Waals surface area contributed by atoms with Crippen LogP contribution in [0.25, 0.3) is 0 Å². The van der Waals surface area contributed by atoms with Gasteiger partial charge in [0, 0.05) is 29.3 Å². The van der Waals surface area contributed by atoms with Crippen molar-refractivity contribution in [2.24, 2.45) is 0 Å². The molecule has 2 unspecified atom stereocenters. The summed E-state index contributed by atoms with van der Waals surface area (Å²) in [6, 6.07) is 0. The molecule has 0 saturated carbocycles. The van der Waals surface area contributed by atoms with Crippen LogP contribution in [0.3, 0.4) is 0 Å². The zero-order chi connectivity index (χ0) is 11.5. The predicted octanol–water partition coefficient (Wildman–Crippen LogP) is 1.81. The van der Waals surface area contributed by atoms with Gasteiger partial charge in [0.05, 0.1) is 12.7 Å². The molecule has 0 aromatic heterocycles. The fourth-order valence-electron chi connectivity index (χ4n) is 1.57. The van der Waals surface area contributed by atoms with Gasteiger partial charge in [0.2, 0.25) is 0 Å². The minimum absolute atomic E-state index is 0.0627. The van der Waals surface area contributed by atoms with Crippen LogP contribution in [-0.4, -0.2) is 41.1 Å². The molecule has 0 spiro atoms. The number of hydrogen-bond donors (Lipinski definition) is 0. The Hall–Kier alpha value is -0.740. The van der Waals surface area contributed by atoms with Crippen LogP contribution in [0.15, 0.2) is 24.4 Å². The lowest BCUT2D eigenvalue weighted by atomic mass is 10.3. The molecule has 0 N–H and O–H groups in total. The zero-order valence-electron chi connectivity index (χ0n) is 9.52. The molecule has 0 aliphatic carbocycles. The van der Waals surface area contributed by atoms with E-state index in [0.29, 0.717) is 11.4 Å². The Bertz CT molecular complexity index is 305. The van der Waals surface area contributed by atoms with Gasteiger partial charge >= 0.3 is 0 Å². The van der Waals surface area contributed by atoms with Crippen molar-refractivity contribution in [1.82, 2.24) is 4.90 Å². The molecule has 2 aliphatic rings. The molecule has 2 rings (SSSR count). The van der Waals surface area contributed by atoms with E-state index in [0.717, 1.165) is 31.0 Å². The third-order valence-corrected chi connectivity index (χ3v) is 4.13. The van der Waals surface area contributed by atoms with Crippen LogP contribution < -0.4 is 0 Å². The first kappa shape index (κ1) is 11.7. The summed E-state index contributed by atoms with van der Waals surface area (Å²) >= 11 is 1.92. The van der Waals surface area contributed by atoms with Crippen molar-refractivity contribution in [3.05, 3.63) is 24.4 Å². The van der Waals surface area contributed by atoms with Gasteiger partial charge in [0.15, 0.2) is 0 Å². The number of ether oxygens (including phenoxy) is 1. The number of hydrogen-bond acceptors (Lipinski definition) is 3. The lowest BCUT2D eigenvalue weighted by Gasteiger charge is -2.19. The monoisotopic (exact) mass is 239 g/mol. The average molecular weight is 239 g/mol. The second-order valence-electron chi connectivity index (χ2n) is 4.20. The third-order valence-electron chi connectivity index (χ3n) is 2.76. The van der Waals surface area contributed by atoms with E-state index in [1.807, 2.05) is 11.8 Å². The standard InChI is InChI=1S/C12H17NO2S/c1-9-3-4-12(14)13(9)6-5-10(2)16-8-11-7-15-11/h3-4,10-11H,1,5-8H2,2H3. The van der Waals surface area contributed by atoms with E-state index < -0.39 is 0 Å². The predicted molar refractivity (Wildman–Crippen MR) is 66.3 cm³/mol. The van der Waals surface area contributed by atoms with Crippen LogP contribution in [0.2, 0.25) is 0 Å². The molecular weight excluding hydrogens is 222 g/mol. The molecule has 2 heterocycles. The van der Waals surface area contributed by atoms with Crippen molar-refractivity contribution in [2.75, 3.05) is 18.9 Å². The van der Waals surface area contributed by atoms with Crippen molar-refractivity contribution in [3.63, 3.8) is 0 Å². The molecule has 3 nitrogen and oxygen atoms in total. The smallest absolute Gasteiger partial charge is 0.251 e. The van der Waals surface area contributed by atoms with Crippen molar-refractivity contribution >= 4 is 17.7 Å². The van der Waals surface area contributed by atoms with Crippen molar-refractivity contribution < 1.29 is 9.53 Å². The molecule has 2 aliphatic heterocycles. The van der Waals surface area contributed by atoms with Gasteiger partial charge in [-0.3, -0.25) is 4.79 Å². The molecule has 4 heteroatoms. The zero-order valence-corrected chi connectivity index (χ0v) is 10.3. The van der Waals surface area contributed by atoms with Crippen LogP contribution in [-0.2, 0) is 9.53 Å². The van der Waals surface area contributed by atoms with E-state index in [-0.39, 0.29) is 5.91 Å². The Balaban J connectivity index is 1.65. The highest BCUT2D eigenvalue weighted by Gasteiger charge is 2.24. The van der Waals surface area contributed by atoms with Crippen molar-refractivity contribution in [1.29, 1.82) is 0 Å². The Labute approximate surface area is 101 Å². The lowest BCUT2D eigenvalue weighted by Crippen LogP contribution is -2.26. The molecule has 1 fully saturated rings. The molecular formula is C12H17NO2S. The van der Waals surface area contributed by atoms with E-state index in [1.54, 1.807) is 17.1 Å². The molecule has 1 amide bonds. The number of thioether (sulfide) groups is 1. The second-order valence-corrected chi connectivity index (χ2v) is 5.67. The maximum absolute atomic E-state index is 11.4. The molecule has 88 valence electrons. The van der Waals surface area contributed by atoms with Crippen LogP contribution in [0.5, 0.6) is 0 Å². The highest BCUT2D eigenvalue weighted by Crippen LogP contribution is 2.23. The van der Waals surface area contributed by atoms with Gasteiger partial charge in [-0.05, 0) is 12.5 Å². The van der Waals surface area contributed by atoms with Gasteiger partial charge in [-0.25, -0.2) is 0 Å². The van der Waals surface area contributed by atoms with E-state index >= 15 is 0 Å². The van der Waals surface area contributed by atoms with Crippen LogP contribution >= 0.6 is 11.8 Å². The number of epoxide rings is 1. The van der Waals surface area contributed by atoms with E-state index in [1.165, 1.54) is 0 Å². The minimum atomic E-state index is 0.0627. The van der Waals surface area contributed by atoms with Gasteiger partial charge in [-0.15, -0.1) is 0 Å². The highest BCUT2D eigenvalue weighted by molar-refractivity contribution is 7.99. The SMILES string of the molecule is C=C1C=CC(=O)N1CCC(C)SCC1CO1. The number of rotatable bonds is 6. The summed E-state index contributed by atoms with van der Waals surface area (Å²) in [6.45, 7) is 7.73. The Morgan fingerprint density at radius 3 is 3.00 bits per heavy atom. The number of amides is 1. The summed E-state index contributed by atoms with van der Waals surface area (Å²) in [4.78, 5) is 13.2. The summed E-state index contributed by atoms with van der Waals surface area (Å²) in [5, 5.41) is 0.561. The molecule has 0 radical (unpaired) electrons. The van der Waals surface area contributed by atoms with E-state index in [2.05, 4.69) is 13.5 Å². The normalized spacial score (nSPS) is 25.3. The summed E-state index contributed by atoms with van der Waals surface area (Å²) in [7, 11) is 0. The van der Waals surface area contributed by atoms with Crippen molar-refractivity contribution in [3.8, 4) is 0 Å². The molecule has 1 saturated heterocycles. The summed E-state index contributed by atoms with van der Waals surface area (Å²) in [6.07, 6.45) is 4.85. The van der Waals surface area contributed by atoms with Gasteiger partial charge in [-0.2, -0.15) is 11.8 Å². The Morgan fingerprint density at radius 2 is 2.44 bits per heavy atom. The minimum Gasteiger partial charge on any atom is -0.372 e. The first-order valence-corrected chi connectivity index (χ1v) is 6.63. The number of carbonyl (C=O) groups is 1. The second kappa shape index (κ2) is 5.06. The maximum Gasteiger partial charge on any atom is 0.251 e. The van der Waals surface area contributed by atoms with Gasteiger partial charge in [-0.1, -0.05) is 13.5 Å². The van der Waals surface area contributed by atoms with Crippen molar-refractivity contribution in [2.45, 2.75) is 24.7 Å². The van der Waals surface area contributed by atoms with Gasteiger partial charge in [0.25, 0.3) is 5.91 Å². The highest BCUT2D eigenvalue weighted by atomic mass is 32.2. The quantitative estimate of drug-likeness (QED) is 0.663. The molecule has 2 atom stereocenters. The summed E-state index contributed by atoms with van der Waals surface area (Å²) in [5.41, 5.74) is 0.813. The fraction of sp³-hybridized carbons (Fsp3) is 0.583. The Morgan fingerprint density at radius 1 is 1.69 bits per heavy atom. The molecule has 0 bridgehead atoms. The summed E-state index contributed by atoms with van der Waals surface area (Å²) in [5.74, 6) is 1.14. The largest absolute Gasteiger partial charge is 0.372 e. The molecule has 0 aromatic rings. The van der Waals surface area contributed by atoms with Crippen LogP contribution in [0.1, 0.15) is 13.3 Å². The van der Waals surface area contributed by atoms with E-state index in [9.17, 15) is 4.79 Å². The van der Waals surface area contributed by atoms with E-state index in [4.69, 9.17) is 4.74 Å². The summed E-state index contributed by atoms with van der Waals surface area (Å²) < 4.78 is 5.16. The third kappa shape index (κ3) is 3.12. The lowest BCUT2D eigenvalue weighted by molar-refractivity contribution is -0.123. The number of carbonyl (C=O) groups excluding carboxylic acids is 1. The van der Waals surface area contributed by atoms with Crippen LogP contribution in [0.4, 0.5) is 0 Å². The van der Waals surface area contributed by atoms with Gasteiger partial charge in [0.1, 0.15) is 0 Å².